The van der Waals surface area contributed by atoms with Crippen LogP contribution in [-0.4, -0.2) is 78.3 Å². The fourth-order valence-corrected chi connectivity index (χ4v) is 6.00. The Hall–Kier alpha value is -0.486. The molecule has 1 N–H and O–H groups in total. The number of carbonyl (C=O) groups excluding carboxylic acids is 3. The van der Waals surface area contributed by atoms with E-state index in [1.54, 1.807) is 58.3 Å². The van der Waals surface area contributed by atoms with Gasteiger partial charge in [0.25, 0.3) is 0 Å². The SMILES string of the molecule is CC(=O)N(C)CCC(C)c1cccs1.CC(=O)N(C)CCC(C)c1cccs1.CC(=O)N(C)CCC(O)c1cccs1.II.[V]. The van der Waals surface area contributed by atoms with E-state index >= 15 is 0 Å². The summed E-state index contributed by atoms with van der Waals surface area (Å²) in [6, 6.07) is 12.3. The zero-order valence-corrected chi connectivity index (χ0v) is 35.8. The number of thiophene rings is 3. The Balaban J connectivity index is 0. The number of amides is 3. The number of hydrogen-bond acceptors (Lipinski definition) is 7. The summed E-state index contributed by atoms with van der Waals surface area (Å²) in [6.45, 7) is 11.4. The molecule has 253 valence electrons. The minimum Gasteiger partial charge on any atom is -0.388 e. The third-order valence-corrected chi connectivity index (χ3v) is 10.3. The van der Waals surface area contributed by atoms with Crippen LogP contribution in [0.3, 0.4) is 0 Å². The van der Waals surface area contributed by atoms with E-state index in [0.717, 1.165) is 30.8 Å². The van der Waals surface area contributed by atoms with Crippen molar-refractivity contribution in [3.63, 3.8) is 0 Å². The number of carbonyl (C=O) groups is 3. The number of aliphatic hydroxyl groups is 1. The molecule has 7 nitrogen and oxygen atoms in total. The van der Waals surface area contributed by atoms with E-state index in [-0.39, 0.29) is 36.3 Å². The molecule has 3 rings (SSSR count). The Bertz CT molecular complexity index is 1010. The van der Waals surface area contributed by atoms with Gasteiger partial charge in [-0.25, -0.2) is 0 Å². The second kappa shape index (κ2) is 27.5. The monoisotopic (exact) mass is 940 g/mol. The van der Waals surface area contributed by atoms with Gasteiger partial charge in [0.1, 0.15) is 0 Å². The molecule has 0 saturated heterocycles. The Morgan fingerprint density at radius 2 is 0.933 bits per heavy atom. The van der Waals surface area contributed by atoms with Crippen LogP contribution in [-0.2, 0) is 32.9 Å². The van der Waals surface area contributed by atoms with Gasteiger partial charge in [-0.3, -0.25) is 14.4 Å². The normalized spacial score (nSPS) is 11.8. The van der Waals surface area contributed by atoms with Gasteiger partial charge in [0.15, 0.2) is 0 Å². The van der Waals surface area contributed by atoms with Crippen molar-refractivity contribution in [1.82, 2.24) is 14.7 Å². The molecule has 0 aliphatic heterocycles. The van der Waals surface area contributed by atoms with E-state index in [4.69, 9.17) is 0 Å². The topological polar surface area (TPSA) is 81.2 Å². The Labute approximate surface area is 318 Å². The van der Waals surface area contributed by atoms with Crippen molar-refractivity contribution >= 4 is 89.0 Å². The van der Waals surface area contributed by atoms with Gasteiger partial charge in [-0.2, -0.15) is 0 Å². The molecule has 1 radical (unpaired) electrons. The summed E-state index contributed by atoms with van der Waals surface area (Å²) in [5.74, 6) is 1.42. The smallest absolute Gasteiger partial charge is 0.219 e. The van der Waals surface area contributed by atoms with Gasteiger partial charge in [0.2, 0.25) is 17.7 Å². The fraction of sp³-hybridized carbons (Fsp3) is 0.531. The van der Waals surface area contributed by atoms with Gasteiger partial charge in [-0.15, -0.1) is 34.0 Å². The quantitative estimate of drug-likeness (QED) is 0.184. The minimum atomic E-state index is -0.447. The molecule has 45 heavy (non-hydrogen) atoms. The standard InChI is InChI=1S/2C11H17NOS.C10H15NO2S.I2.V/c2*1-9(11-5-4-8-14-11)6-7-12(3)10(2)13;1-8(12)11(2)6-5-9(13)10-4-3-7-14-10;1-2;/h2*4-5,8-9H,6-7H2,1-3H3;3-4,7,9,13H,5-6H2,1-2H3;;. The summed E-state index contributed by atoms with van der Waals surface area (Å²) in [5.41, 5.74) is 0. The van der Waals surface area contributed by atoms with Crippen LogP contribution in [0.4, 0.5) is 0 Å². The molecule has 0 spiro atoms. The summed E-state index contributed by atoms with van der Waals surface area (Å²) < 4.78 is 0. The first-order valence-corrected chi connectivity index (χ1v) is 23.3. The summed E-state index contributed by atoms with van der Waals surface area (Å²) >= 11 is 9.35. The zero-order chi connectivity index (χ0) is 33.7. The summed E-state index contributed by atoms with van der Waals surface area (Å²) in [5, 5.41) is 15.8. The summed E-state index contributed by atoms with van der Waals surface area (Å²) in [7, 11) is 5.44. The van der Waals surface area contributed by atoms with Gasteiger partial charge >= 0.3 is 0 Å². The molecule has 3 atom stereocenters. The van der Waals surface area contributed by atoms with Crippen LogP contribution in [0, 0.1) is 0 Å². The van der Waals surface area contributed by atoms with Crippen molar-refractivity contribution in [2.75, 3.05) is 40.8 Å². The summed E-state index contributed by atoms with van der Waals surface area (Å²) in [4.78, 5) is 41.7. The molecule has 0 aromatic carbocycles. The average Bonchev–Trinajstić information content (AvgIpc) is 3.82. The second-order valence-electron chi connectivity index (χ2n) is 10.6. The van der Waals surface area contributed by atoms with Crippen LogP contribution >= 0.6 is 71.2 Å². The third kappa shape index (κ3) is 21.2. The largest absolute Gasteiger partial charge is 0.388 e. The first-order chi connectivity index (χ1) is 20.8. The van der Waals surface area contributed by atoms with E-state index in [9.17, 15) is 19.5 Å². The van der Waals surface area contributed by atoms with Gasteiger partial charge in [-0.05, 0) is 65.4 Å². The minimum absolute atomic E-state index is 0. The van der Waals surface area contributed by atoms with Gasteiger partial charge < -0.3 is 19.8 Å². The predicted molar refractivity (Wildman–Crippen MR) is 207 cm³/mol. The molecule has 13 heteroatoms. The van der Waals surface area contributed by atoms with Crippen molar-refractivity contribution < 1.29 is 38.0 Å². The van der Waals surface area contributed by atoms with Crippen LogP contribution in [0.1, 0.15) is 86.5 Å². The second-order valence-corrected chi connectivity index (χ2v) is 13.5. The predicted octanol–water partition coefficient (Wildman–Crippen LogP) is 8.86. The first-order valence-electron chi connectivity index (χ1n) is 14.4. The Morgan fingerprint density at radius 1 is 0.644 bits per heavy atom. The Kier molecular flexibility index (Phi) is 28.5. The fourth-order valence-electron chi connectivity index (χ4n) is 3.61. The van der Waals surface area contributed by atoms with Crippen molar-refractivity contribution in [2.45, 2.75) is 71.8 Å². The molecular formula is C32H49I2N3O4S3V. The van der Waals surface area contributed by atoms with E-state index in [1.165, 1.54) is 28.0 Å². The van der Waals surface area contributed by atoms with Crippen LogP contribution in [0.2, 0.25) is 0 Å². The first kappa shape index (κ1) is 46.6. The van der Waals surface area contributed by atoms with E-state index in [2.05, 4.69) is 86.1 Å². The van der Waals surface area contributed by atoms with Gasteiger partial charge in [-0.1, -0.05) is 32.0 Å². The maximum atomic E-state index is 11.0. The van der Waals surface area contributed by atoms with Crippen LogP contribution in [0.25, 0.3) is 0 Å². The Morgan fingerprint density at radius 3 is 1.20 bits per heavy atom. The van der Waals surface area contributed by atoms with Crippen molar-refractivity contribution in [3.8, 4) is 0 Å². The third-order valence-electron chi connectivity index (χ3n) is 7.08. The molecule has 0 aliphatic rings. The maximum absolute atomic E-state index is 11.0. The molecule has 3 amide bonds. The van der Waals surface area contributed by atoms with Crippen molar-refractivity contribution in [1.29, 1.82) is 0 Å². The van der Waals surface area contributed by atoms with Gasteiger partial charge in [0.05, 0.1) is 6.10 Å². The van der Waals surface area contributed by atoms with E-state index in [0.29, 0.717) is 24.8 Å². The molecule has 0 saturated carbocycles. The molecular weight excluding hydrogens is 891 g/mol. The maximum Gasteiger partial charge on any atom is 0.219 e. The molecule has 0 fully saturated rings. The van der Waals surface area contributed by atoms with E-state index in [1.807, 2.05) is 31.6 Å². The van der Waals surface area contributed by atoms with Crippen LogP contribution in [0.5, 0.6) is 0 Å². The number of nitrogens with zero attached hydrogens (tertiary/aromatic N) is 3. The molecule has 3 heterocycles. The van der Waals surface area contributed by atoms with Crippen LogP contribution in [0.15, 0.2) is 52.5 Å². The average molecular weight is 941 g/mol. The number of hydrogen-bond donors (Lipinski definition) is 1. The molecule has 3 aromatic heterocycles. The number of aliphatic hydroxyl groups excluding tert-OH is 1. The van der Waals surface area contributed by atoms with E-state index < -0.39 is 6.10 Å². The van der Waals surface area contributed by atoms with Crippen molar-refractivity contribution in [3.05, 3.63) is 67.2 Å². The number of rotatable bonds is 12. The summed E-state index contributed by atoms with van der Waals surface area (Å²) in [6.07, 6.45) is 2.22. The zero-order valence-electron chi connectivity index (χ0n) is 27.6. The molecule has 0 aliphatic carbocycles. The van der Waals surface area contributed by atoms with Gasteiger partial charge in [0, 0.05) is 132 Å². The molecule has 0 bridgehead atoms. The molecule has 3 aromatic rings. The number of halogens is 2. The van der Waals surface area contributed by atoms with Crippen molar-refractivity contribution in [2.24, 2.45) is 0 Å². The van der Waals surface area contributed by atoms with Crippen LogP contribution < -0.4 is 0 Å². The molecule has 3 unspecified atom stereocenters.